The zero-order chi connectivity index (χ0) is 37.8. The zero-order valence-electron chi connectivity index (χ0n) is 33.2. The molecule has 3 unspecified atom stereocenters. The minimum atomic E-state index is -5.11. The van der Waals surface area contributed by atoms with Crippen LogP contribution < -0.4 is 0 Å². The van der Waals surface area contributed by atoms with Crippen LogP contribution in [0.25, 0.3) is 0 Å². The van der Waals surface area contributed by atoms with Gasteiger partial charge in [-0.2, -0.15) is 0 Å². The Bertz CT molecular complexity index is 769. The Balaban J connectivity index is 5.47. The summed E-state index contributed by atoms with van der Waals surface area (Å²) in [5.41, 5.74) is 0. The van der Waals surface area contributed by atoms with E-state index in [1.807, 2.05) is 6.92 Å². The van der Waals surface area contributed by atoms with Crippen LogP contribution in [0.3, 0.4) is 0 Å². The van der Waals surface area contributed by atoms with E-state index in [1.54, 1.807) is 0 Å². The normalized spacial score (nSPS) is 14.8. The van der Waals surface area contributed by atoms with Gasteiger partial charge in [0.2, 0.25) is 0 Å². The van der Waals surface area contributed by atoms with Crippen molar-refractivity contribution in [2.24, 2.45) is 17.8 Å². The standard InChI is InChI=1S/3C12H24O2S.C4H9.Sn/c3*1-10(2)8-6-4-3-5-7-9-11(15)12(13)14;1-3-4-2;/h3*10-11,15H,3-9H2,1-2H3,(H,13,14);1,3-4H2,2H3;/q;;;;+3/p-3. The van der Waals surface area contributed by atoms with Crippen LogP contribution in [0.1, 0.15) is 196 Å². The molecule has 0 radical (unpaired) electrons. The molecule has 0 spiro atoms. The van der Waals surface area contributed by atoms with Crippen LogP contribution in [-0.4, -0.2) is 53.3 Å². The second-order valence-corrected chi connectivity index (χ2v) is 24.8. The molecule has 10 heteroatoms. The van der Waals surface area contributed by atoms with Gasteiger partial charge in [0, 0.05) is 0 Å². The fourth-order valence-electron chi connectivity index (χ4n) is 5.89. The molecular weight excluding hydrogens is 791 g/mol. The van der Waals surface area contributed by atoms with Crippen molar-refractivity contribution in [3.05, 3.63) is 0 Å². The summed E-state index contributed by atoms with van der Waals surface area (Å²) in [6.45, 7) is 15.5. The number of hydrogen-bond acceptors (Lipinski definition) is 9. The molecule has 0 fully saturated rings. The van der Waals surface area contributed by atoms with Crippen molar-refractivity contribution in [3.8, 4) is 0 Å². The maximum absolute atomic E-state index is 13.5. The van der Waals surface area contributed by atoms with Crippen molar-refractivity contribution in [3.63, 3.8) is 0 Å². The van der Waals surface area contributed by atoms with E-state index in [9.17, 15) is 14.4 Å². The van der Waals surface area contributed by atoms with Crippen molar-refractivity contribution in [1.82, 2.24) is 0 Å². The van der Waals surface area contributed by atoms with Crippen molar-refractivity contribution >= 4 is 75.4 Å². The number of carbonyl (C=O) groups is 3. The predicted molar refractivity (Wildman–Crippen MR) is 224 cm³/mol. The Labute approximate surface area is 331 Å². The van der Waals surface area contributed by atoms with Gasteiger partial charge in [-0.25, -0.2) is 0 Å². The molecular formula is C40H78O6S3Sn. The molecule has 50 heavy (non-hydrogen) atoms. The molecule has 0 aliphatic rings. The summed E-state index contributed by atoms with van der Waals surface area (Å²) in [5, 5.41) is -2.03. The topological polar surface area (TPSA) is 78.9 Å². The van der Waals surface area contributed by atoms with Gasteiger partial charge in [-0.1, -0.05) is 0 Å². The first kappa shape index (κ1) is 50.3. The third-order valence-electron chi connectivity index (χ3n) is 9.20. The molecule has 0 aliphatic heterocycles. The van der Waals surface area contributed by atoms with E-state index >= 15 is 0 Å². The van der Waals surface area contributed by atoms with Crippen LogP contribution in [0.2, 0.25) is 4.44 Å². The first-order chi connectivity index (χ1) is 23.7. The molecule has 3 atom stereocenters. The molecule has 0 aromatic carbocycles. The molecule has 0 rings (SSSR count). The molecule has 6 nitrogen and oxygen atoms in total. The van der Waals surface area contributed by atoms with E-state index in [0.717, 1.165) is 82.0 Å². The molecule has 0 amide bonds. The van der Waals surface area contributed by atoms with E-state index in [1.165, 1.54) is 57.8 Å². The van der Waals surface area contributed by atoms with E-state index in [-0.39, 0.29) is 4.44 Å². The first-order valence-electron chi connectivity index (χ1n) is 20.5. The third-order valence-corrected chi connectivity index (χ3v) is 17.7. The molecule has 0 saturated heterocycles. The average Bonchev–Trinajstić information content (AvgIpc) is 3.05. The van der Waals surface area contributed by atoms with Gasteiger partial charge >= 0.3 is 333 Å². The average molecular weight is 870 g/mol. The fourth-order valence-corrected chi connectivity index (χ4v) is 14.8. The summed E-state index contributed by atoms with van der Waals surface area (Å²) < 4.78 is 18.5. The third kappa shape index (κ3) is 27.8. The molecule has 296 valence electrons. The fraction of sp³-hybridized carbons (Fsp3) is 0.925. The van der Waals surface area contributed by atoms with Crippen LogP contribution >= 0.6 is 37.9 Å². The quantitative estimate of drug-likeness (QED) is 0.0346. The van der Waals surface area contributed by atoms with Crippen LogP contribution in [0.5, 0.6) is 0 Å². The molecule has 0 N–H and O–H groups in total. The van der Waals surface area contributed by atoms with Crippen LogP contribution in [0, 0.1) is 17.8 Å². The molecule has 0 aromatic rings. The summed E-state index contributed by atoms with van der Waals surface area (Å²) in [6.07, 6.45) is 23.0. The number of carbonyl (C=O) groups excluding carboxylic acids is 3. The van der Waals surface area contributed by atoms with Crippen LogP contribution in [0.4, 0.5) is 0 Å². The van der Waals surface area contributed by atoms with Gasteiger partial charge in [-0.05, 0) is 0 Å². The Morgan fingerprint density at radius 2 is 0.660 bits per heavy atom. The van der Waals surface area contributed by atoms with Gasteiger partial charge in [-0.15, -0.1) is 0 Å². The molecule has 0 bridgehead atoms. The van der Waals surface area contributed by atoms with Gasteiger partial charge in [0.25, 0.3) is 0 Å². The van der Waals surface area contributed by atoms with Crippen molar-refractivity contribution in [2.75, 3.05) is 0 Å². The minimum absolute atomic E-state index is 0.247. The van der Waals surface area contributed by atoms with Crippen LogP contribution in [-0.2, 0) is 23.6 Å². The number of hydrogen-bond donors (Lipinski definition) is 3. The Kier molecular flexibility index (Phi) is 31.8. The Morgan fingerprint density at radius 1 is 0.420 bits per heavy atom. The Morgan fingerprint density at radius 3 is 0.900 bits per heavy atom. The van der Waals surface area contributed by atoms with Crippen LogP contribution in [0.15, 0.2) is 0 Å². The van der Waals surface area contributed by atoms with Gasteiger partial charge in [0.15, 0.2) is 0 Å². The molecule has 0 aliphatic carbocycles. The van der Waals surface area contributed by atoms with Crippen molar-refractivity contribution < 1.29 is 23.6 Å². The molecule has 0 aromatic heterocycles. The van der Waals surface area contributed by atoms with E-state index in [4.69, 9.17) is 9.22 Å². The second kappa shape index (κ2) is 31.6. The summed E-state index contributed by atoms with van der Waals surface area (Å²) >= 11 is 8.67. The van der Waals surface area contributed by atoms with Gasteiger partial charge < -0.3 is 0 Å². The number of unbranched alkanes of at least 4 members (excludes halogenated alkanes) is 13. The first-order valence-corrected chi connectivity index (χ1v) is 27.5. The van der Waals surface area contributed by atoms with Crippen molar-refractivity contribution in [2.45, 2.75) is 216 Å². The summed E-state index contributed by atoms with van der Waals surface area (Å²) in [7, 11) is 0. The summed E-state index contributed by atoms with van der Waals surface area (Å²) in [6, 6.07) is 0. The second-order valence-electron chi connectivity index (χ2n) is 15.8. The molecule has 0 saturated carbocycles. The van der Waals surface area contributed by atoms with E-state index < -0.39 is 53.3 Å². The van der Waals surface area contributed by atoms with Crippen molar-refractivity contribution in [1.29, 1.82) is 0 Å². The van der Waals surface area contributed by atoms with Gasteiger partial charge in [0.1, 0.15) is 0 Å². The SMILES string of the molecule is CCC[CH2][Sn]([O]C(=O)C(S)CCCCCCCC(C)C)([O]C(=O)C(S)CCCCCCCC(C)C)[O]C(=O)C(S)CCCCCCCC(C)C. The number of rotatable bonds is 33. The van der Waals surface area contributed by atoms with Gasteiger partial charge in [0.05, 0.1) is 0 Å². The predicted octanol–water partition coefficient (Wildman–Crippen LogP) is 12.4. The Hall–Kier alpha value is 0.259. The van der Waals surface area contributed by atoms with E-state index in [0.29, 0.717) is 25.7 Å². The number of thiol groups is 3. The summed E-state index contributed by atoms with van der Waals surface area (Å²) in [4.78, 5) is 40.4. The zero-order valence-corrected chi connectivity index (χ0v) is 38.8. The summed E-state index contributed by atoms with van der Waals surface area (Å²) in [5.74, 6) is 0.482. The monoisotopic (exact) mass is 870 g/mol. The van der Waals surface area contributed by atoms with Gasteiger partial charge in [-0.3, -0.25) is 0 Å². The van der Waals surface area contributed by atoms with E-state index in [2.05, 4.69) is 79.4 Å². The maximum atomic E-state index is 13.5. The molecule has 0 heterocycles.